The van der Waals surface area contributed by atoms with Gasteiger partial charge in [-0.3, -0.25) is 9.48 Å². The Morgan fingerprint density at radius 1 is 1.24 bits per heavy atom. The smallest absolute Gasteiger partial charge is 0.272 e. The number of hydrogen-bond acceptors (Lipinski definition) is 6. The molecule has 0 aliphatic carbocycles. The van der Waals surface area contributed by atoms with Crippen LogP contribution in [0.1, 0.15) is 34.6 Å². The monoisotopic (exact) mass is 392 g/mol. The first-order valence-corrected chi connectivity index (χ1v) is 9.09. The lowest BCUT2D eigenvalue weighted by Crippen LogP contribution is -2.30. The predicted octanol–water partition coefficient (Wildman–Crippen LogP) is 1.98. The van der Waals surface area contributed by atoms with Crippen LogP contribution in [0.25, 0.3) is 10.8 Å². The van der Waals surface area contributed by atoms with Gasteiger partial charge in [-0.1, -0.05) is 24.3 Å². The number of nitrogens with one attached hydrogen (secondary N) is 2. The molecule has 0 saturated heterocycles. The average molecular weight is 392 g/mol. The van der Waals surface area contributed by atoms with Crippen molar-refractivity contribution in [3.05, 3.63) is 81.5 Å². The third kappa shape index (κ3) is 2.70. The molecule has 5 rings (SSSR count). The third-order valence-electron chi connectivity index (χ3n) is 5.37. The number of H-pyrrole nitrogens is 1. The fourth-order valence-electron chi connectivity index (χ4n) is 4.00. The fraction of sp³-hybridized carbons (Fsp3) is 0.200. The van der Waals surface area contributed by atoms with Crippen LogP contribution < -0.4 is 10.9 Å². The van der Waals surface area contributed by atoms with E-state index >= 15 is 0 Å². The zero-order valence-electron chi connectivity index (χ0n) is 15.4. The normalized spacial score (nSPS) is 18.0. The van der Waals surface area contributed by atoms with Crippen LogP contribution in [0.3, 0.4) is 0 Å². The summed E-state index contributed by atoms with van der Waals surface area (Å²) in [7, 11) is 1.79. The topological polar surface area (TPSA) is 109 Å². The molecular formula is C20H17FN6O2. The summed E-state index contributed by atoms with van der Waals surface area (Å²) >= 11 is 0. The molecule has 29 heavy (non-hydrogen) atoms. The Morgan fingerprint density at radius 2 is 2.03 bits per heavy atom. The molecule has 0 amide bonds. The number of aliphatic hydroxyl groups is 1. The highest BCUT2D eigenvalue weighted by atomic mass is 19.1. The minimum Gasteiger partial charge on any atom is -0.392 e. The molecule has 2 aromatic carbocycles. The van der Waals surface area contributed by atoms with E-state index in [1.54, 1.807) is 11.7 Å². The van der Waals surface area contributed by atoms with Crippen molar-refractivity contribution in [2.45, 2.75) is 18.6 Å². The van der Waals surface area contributed by atoms with Crippen molar-refractivity contribution < 1.29 is 9.50 Å². The Bertz CT molecular complexity index is 1280. The first kappa shape index (κ1) is 17.5. The van der Waals surface area contributed by atoms with E-state index in [0.717, 1.165) is 11.1 Å². The fourth-order valence-corrected chi connectivity index (χ4v) is 4.00. The maximum absolute atomic E-state index is 14.2. The molecule has 0 spiro atoms. The van der Waals surface area contributed by atoms with Gasteiger partial charge in [0, 0.05) is 18.1 Å². The van der Waals surface area contributed by atoms with Gasteiger partial charge in [0.25, 0.3) is 5.56 Å². The lowest BCUT2D eigenvalue weighted by molar-refractivity contribution is 0.282. The van der Waals surface area contributed by atoms with Crippen molar-refractivity contribution in [3.63, 3.8) is 0 Å². The molecule has 3 heterocycles. The van der Waals surface area contributed by atoms with E-state index in [-0.39, 0.29) is 24.0 Å². The highest BCUT2D eigenvalue weighted by Crippen LogP contribution is 2.45. The number of nitrogens with zero attached hydrogens (tertiary/aromatic N) is 4. The maximum Gasteiger partial charge on any atom is 0.272 e. The lowest BCUT2D eigenvalue weighted by Gasteiger charge is -2.33. The summed E-state index contributed by atoms with van der Waals surface area (Å²) in [5, 5.41) is 24.5. The molecular weight excluding hydrogens is 375 g/mol. The third-order valence-corrected chi connectivity index (χ3v) is 5.37. The van der Waals surface area contributed by atoms with E-state index in [4.69, 9.17) is 0 Å². The number of halogens is 1. The van der Waals surface area contributed by atoms with Gasteiger partial charge < -0.3 is 10.4 Å². The second kappa shape index (κ2) is 6.49. The lowest BCUT2D eigenvalue weighted by atomic mass is 9.83. The van der Waals surface area contributed by atoms with E-state index < -0.39 is 11.4 Å². The molecule has 2 atom stereocenters. The Hall–Kier alpha value is -3.59. The number of benzene rings is 2. The largest absolute Gasteiger partial charge is 0.392 e. The van der Waals surface area contributed by atoms with Gasteiger partial charge in [-0.2, -0.15) is 10.2 Å². The van der Waals surface area contributed by atoms with Crippen LogP contribution in [0, 0.1) is 5.82 Å². The molecule has 4 aromatic rings. The van der Waals surface area contributed by atoms with Gasteiger partial charge >= 0.3 is 0 Å². The molecule has 3 N–H and O–H groups in total. The summed E-state index contributed by atoms with van der Waals surface area (Å²) < 4.78 is 15.9. The van der Waals surface area contributed by atoms with Gasteiger partial charge in [-0.25, -0.2) is 14.5 Å². The number of anilines is 1. The quantitative estimate of drug-likeness (QED) is 0.492. The SMILES string of the molecule is Cn1ncnc1[C@H]1c2n[nH]c(=O)c3cc(F)cc(c23)N[C@@H]1c1ccc(CO)cc1. The minimum atomic E-state index is -0.505. The van der Waals surface area contributed by atoms with Crippen molar-refractivity contribution in [3.8, 4) is 0 Å². The summed E-state index contributed by atoms with van der Waals surface area (Å²) in [4.78, 5) is 16.7. The number of hydrogen-bond donors (Lipinski definition) is 3. The van der Waals surface area contributed by atoms with Gasteiger partial charge in [-0.05, 0) is 23.3 Å². The van der Waals surface area contributed by atoms with Crippen molar-refractivity contribution >= 4 is 16.5 Å². The Balaban J connectivity index is 1.79. The van der Waals surface area contributed by atoms with Crippen molar-refractivity contribution in [1.82, 2.24) is 25.0 Å². The van der Waals surface area contributed by atoms with Gasteiger partial charge in [0.15, 0.2) is 0 Å². The van der Waals surface area contributed by atoms with Crippen molar-refractivity contribution in [1.29, 1.82) is 0 Å². The zero-order valence-corrected chi connectivity index (χ0v) is 15.4. The van der Waals surface area contributed by atoms with Crippen LogP contribution in [0.15, 0.2) is 47.5 Å². The first-order chi connectivity index (χ1) is 14.1. The van der Waals surface area contributed by atoms with Crippen LogP contribution in [0.2, 0.25) is 0 Å². The summed E-state index contributed by atoms with van der Waals surface area (Å²) in [6.07, 6.45) is 1.46. The first-order valence-electron chi connectivity index (χ1n) is 9.09. The number of rotatable bonds is 3. The van der Waals surface area contributed by atoms with E-state index in [1.807, 2.05) is 24.3 Å². The Labute approximate surface area is 164 Å². The molecule has 0 radical (unpaired) electrons. The molecule has 1 aliphatic rings. The second-order valence-corrected chi connectivity index (χ2v) is 7.06. The highest BCUT2D eigenvalue weighted by Gasteiger charge is 2.37. The zero-order chi connectivity index (χ0) is 20.1. The van der Waals surface area contributed by atoms with Gasteiger partial charge in [0.2, 0.25) is 0 Å². The molecule has 2 aromatic heterocycles. The van der Waals surface area contributed by atoms with Crippen LogP contribution in [-0.4, -0.2) is 30.1 Å². The van der Waals surface area contributed by atoms with Crippen molar-refractivity contribution in [2.24, 2.45) is 7.05 Å². The number of aromatic nitrogens is 5. The Kier molecular flexibility index (Phi) is 3.92. The standard InChI is InChI=1S/C20H17FN6O2/c1-27-19(22-9-23-27)16-17(11-4-2-10(8-28)3-5-11)24-14-7-12(21)6-13-15(14)18(16)25-26-20(13)29/h2-7,9,16-17,24,28H,8H2,1H3,(H,26,29)/t16-,17-/m1/s1. The average Bonchev–Trinajstić information content (AvgIpc) is 3.15. The molecule has 0 bridgehead atoms. The summed E-state index contributed by atoms with van der Waals surface area (Å²) in [6.45, 7) is -0.0543. The van der Waals surface area contributed by atoms with Crippen LogP contribution in [0.5, 0.6) is 0 Å². The van der Waals surface area contributed by atoms with E-state index in [0.29, 0.717) is 22.6 Å². The van der Waals surface area contributed by atoms with Gasteiger partial charge in [0.05, 0.1) is 29.6 Å². The molecule has 1 aliphatic heterocycles. The highest BCUT2D eigenvalue weighted by molar-refractivity contribution is 5.97. The maximum atomic E-state index is 14.2. The van der Waals surface area contributed by atoms with Crippen molar-refractivity contribution in [2.75, 3.05) is 5.32 Å². The molecule has 0 unspecified atom stereocenters. The summed E-state index contributed by atoms with van der Waals surface area (Å²) in [5.41, 5.74) is 2.35. The van der Waals surface area contributed by atoms with E-state index in [2.05, 4.69) is 25.6 Å². The molecule has 0 fully saturated rings. The molecule has 0 saturated carbocycles. The van der Waals surface area contributed by atoms with Gasteiger partial charge in [0.1, 0.15) is 18.0 Å². The molecule has 8 nitrogen and oxygen atoms in total. The van der Waals surface area contributed by atoms with E-state index in [1.165, 1.54) is 18.5 Å². The summed E-state index contributed by atoms with van der Waals surface area (Å²) in [5.74, 6) is -0.224. The number of aromatic amines is 1. The van der Waals surface area contributed by atoms with Crippen LogP contribution in [-0.2, 0) is 13.7 Å². The van der Waals surface area contributed by atoms with Crippen LogP contribution >= 0.6 is 0 Å². The predicted molar refractivity (Wildman–Crippen MR) is 104 cm³/mol. The van der Waals surface area contributed by atoms with Gasteiger partial charge in [-0.15, -0.1) is 0 Å². The van der Waals surface area contributed by atoms with E-state index in [9.17, 15) is 14.3 Å². The molecule has 9 heteroatoms. The number of aliphatic hydroxyl groups excluding tert-OH is 1. The second-order valence-electron chi connectivity index (χ2n) is 7.06. The van der Waals surface area contributed by atoms with Crippen LogP contribution in [0.4, 0.5) is 10.1 Å². The minimum absolute atomic E-state index is 0.0543. The Morgan fingerprint density at radius 3 is 2.72 bits per heavy atom. The summed E-state index contributed by atoms with van der Waals surface area (Å²) in [6, 6.07) is 9.73. The number of aryl methyl sites for hydroxylation is 1. The molecule has 146 valence electrons.